The Hall–Kier alpha value is -0.0800. The minimum atomic E-state index is 0.891. The van der Waals surface area contributed by atoms with Gasteiger partial charge in [0, 0.05) is 18.9 Å². The summed E-state index contributed by atoms with van der Waals surface area (Å²) in [6.45, 7) is 3.76. The van der Waals surface area contributed by atoms with Gasteiger partial charge in [0.2, 0.25) is 0 Å². The predicted molar refractivity (Wildman–Crippen MR) is 42.7 cm³/mol. The van der Waals surface area contributed by atoms with Gasteiger partial charge in [-0.15, -0.1) is 0 Å². The van der Waals surface area contributed by atoms with Crippen molar-refractivity contribution in [1.29, 1.82) is 0 Å². The maximum Gasteiger partial charge on any atom is 0.0573 e. The van der Waals surface area contributed by atoms with E-state index in [1.165, 1.54) is 31.0 Å². The van der Waals surface area contributed by atoms with Crippen LogP contribution < -0.4 is 4.90 Å². The van der Waals surface area contributed by atoms with Crippen molar-refractivity contribution in [2.24, 2.45) is 5.92 Å². The molecule has 0 radical (unpaired) electrons. The molecule has 0 bridgehead atoms. The third kappa shape index (κ3) is 2.27. The lowest BCUT2D eigenvalue weighted by Crippen LogP contribution is -3.04. The van der Waals surface area contributed by atoms with Crippen molar-refractivity contribution in [2.45, 2.75) is 6.42 Å². The molecule has 1 aliphatic rings. The van der Waals surface area contributed by atoms with Crippen molar-refractivity contribution in [2.75, 3.05) is 33.7 Å². The highest BCUT2D eigenvalue weighted by Crippen LogP contribution is 2.03. The molecule has 1 N–H and O–H groups in total. The fraction of sp³-hybridized carbons (Fsp3) is 0.875. The number of rotatable bonds is 2. The van der Waals surface area contributed by atoms with Crippen molar-refractivity contribution in [3.63, 3.8) is 0 Å². The molecule has 0 amide bonds. The van der Waals surface area contributed by atoms with Gasteiger partial charge in [0.05, 0.1) is 13.1 Å². The van der Waals surface area contributed by atoms with Gasteiger partial charge in [0.1, 0.15) is 0 Å². The van der Waals surface area contributed by atoms with Gasteiger partial charge in [0.15, 0.2) is 0 Å². The van der Waals surface area contributed by atoms with Gasteiger partial charge in [0.25, 0.3) is 0 Å². The van der Waals surface area contributed by atoms with Crippen molar-refractivity contribution >= 4 is 0 Å². The first kappa shape index (κ1) is 8.02. The highest BCUT2D eigenvalue weighted by molar-refractivity contribution is 4.64. The monoisotopic (exact) mass is 142 g/mol. The quantitative estimate of drug-likeness (QED) is 0.498. The normalized spacial score (nSPS) is 33.6. The molecule has 2 nitrogen and oxygen atoms in total. The molecule has 2 heteroatoms. The zero-order chi connectivity index (χ0) is 7.56. The summed E-state index contributed by atoms with van der Waals surface area (Å²) < 4.78 is 0. The Morgan fingerprint density at radius 2 is 2.30 bits per heavy atom. The molecule has 1 heterocycles. The van der Waals surface area contributed by atoms with Gasteiger partial charge in [-0.25, -0.2) is 0 Å². The van der Waals surface area contributed by atoms with Crippen molar-refractivity contribution in [3.05, 3.63) is 7.05 Å². The lowest BCUT2D eigenvalue weighted by atomic mass is 10.1. The fourth-order valence-corrected chi connectivity index (χ4v) is 1.69. The summed E-state index contributed by atoms with van der Waals surface area (Å²) in [6, 6.07) is 0. The summed E-state index contributed by atoms with van der Waals surface area (Å²) in [5, 5.41) is 0. The van der Waals surface area contributed by atoms with Crippen LogP contribution in [-0.2, 0) is 0 Å². The Balaban J connectivity index is 2.18. The topological polar surface area (TPSA) is 7.68 Å². The van der Waals surface area contributed by atoms with Crippen LogP contribution in [0.15, 0.2) is 0 Å². The van der Waals surface area contributed by atoms with E-state index in [0.717, 1.165) is 5.92 Å². The summed E-state index contributed by atoms with van der Waals surface area (Å²) in [6.07, 6.45) is 1.36. The first-order valence-corrected chi connectivity index (χ1v) is 4.00. The van der Waals surface area contributed by atoms with Crippen LogP contribution in [0.2, 0.25) is 0 Å². The molecule has 1 rings (SSSR count). The van der Waals surface area contributed by atoms with E-state index in [2.05, 4.69) is 26.0 Å². The Bertz CT molecular complexity index is 101. The van der Waals surface area contributed by atoms with E-state index in [4.69, 9.17) is 0 Å². The second-order valence-corrected chi connectivity index (χ2v) is 3.62. The standard InChI is InChI=1S/C8H18N2/c1-9(2)6-8-4-5-10(3)7-8/h8,10H,3-7H2,1-2H3/t8-/m0/s1. The number of hydrogen-bond acceptors (Lipinski definition) is 1. The van der Waals surface area contributed by atoms with Crippen LogP contribution >= 0.6 is 0 Å². The van der Waals surface area contributed by atoms with Gasteiger partial charge < -0.3 is 9.80 Å². The molecule has 0 saturated carbocycles. The second-order valence-electron chi connectivity index (χ2n) is 3.62. The van der Waals surface area contributed by atoms with Crippen LogP contribution in [0, 0.1) is 13.0 Å². The molecule has 0 aromatic heterocycles. The highest BCUT2D eigenvalue weighted by atomic mass is 15.1. The zero-order valence-electron chi connectivity index (χ0n) is 7.06. The summed E-state index contributed by atoms with van der Waals surface area (Å²) in [5.74, 6) is 0.891. The van der Waals surface area contributed by atoms with E-state index in [9.17, 15) is 0 Å². The molecule has 0 aliphatic carbocycles. The van der Waals surface area contributed by atoms with Crippen LogP contribution in [0.4, 0.5) is 0 Å². The maximum atomic E-state index is 3.99. The van der Waals surface area contributed by atoms with E-state index in [-0.39, 0.29) is 0 Å². The van der Waals surface area contributed by atoms with E-state index in [0.29, 0.717) is 0 Å². The molecule has 2 atom stereocenters. The molecule has 1 aliphatic heterocycles. The SMILES string of the molecule is [CH2-][NH+]1CC[C@@H](CN(C)C)C1. The summed E-state index contributed by atoms with van der Waals surface area (Å²) in [7, 11) is 8.27. The minimum Gasteiger partial charge on any atom is -0.468 e. The van der Waals surface area contributed by atoms with Gasteiger partial charge in [-0.1, -0.05) is 0 Å². The molecule has 10 heavy (non-hydrogen) atoms. The average molecular weight is 142 g/mol. The number of nitrogens with zero attached hydrogens (tertiary/aromatic N) is 1. The average Bonchev–Trinajstić information content (AvgIpc) is 2.13. The van der Waals surface area contributed by atoms with E-state index in [1.807, 2.05) is 0 Å². The third-order valence-corrected chi connectivity index (χ3v) is 2.11. The molecular weight excluding hydrogens is 124 g/mol. The Morgan fingerprint density at radius 3 is 2.70 bits per heavy atom. The molecule has 1 unspecified atom stereocenters. The van der Waals surface area contributed by atoms with Crippen LogP contribution in [0.25, 0.3) is 0 Å². The fourth-order valence-electron chi connectivity index (χ4n) is 1.69. The van der Waals surface area contributed by atoms with Crippen LogP contribution in [0.3, 0.4) is 0 Å². The van der Waals surface area contributed by atoms with E-state index < -0.39 is 0 Å². The van der Waals surface area contributed by atoms with Crippen molar-refractivity contribution in [1.82, 2.24) is 4.90 Å². The number of likely N-dealkylation sites (tertiary alicyclic amines) is 1. The Morgan fingerprint density at radius 1 is 1.60 bits per heavy atom. The molecular formula is C8H18N2. The van der Waals surface area contributed by atoms with Crippen molar-refractivity contribution < 1.29 is 4.90 Å². The largest absolute Gasteiger partial charge is 0.468 e. The third-order valence-electron chi connectivity index (χ3n) is 2.11. The van der Waals surface area contributed by atoms with Crippen LogP contribution in [0.1, 0.15) is 6.42 Å². The van der Waals surface area contributed by atoms with Gasteiger partial charge >= 0.3 is 0 Å². The molecule has 1 saturated heterocycles. The smallest absolute Gasteiger partial charge is 0.0573 e. The van der Waals surface area contributed by atoms with E-state index in [1.54, 1.807) is 0 Å². The molecule has 0 aromatic rings. The van der Waals surface area contributed by atoms with Crippen LogP contribution in [-0.4, -0.2) is 38.6 Å². The molecule has 0 aromatic carbocycles. The lowest BCUT2D eigenvalue weighted by Gasteiger charge is -2.16. The summed E-state index contributed by atoms with van der Waals surface area (Å²) in [5.41, 5.74) is 0. The number of quaternary nitrogens is 1. The Labute approximate surface area is 63.8 Å². The zero-order valence-corrected chi connectivity index (χ0v) is 7.06. The number of nitrogens with one attached hydrogen (secondary N) is 1. The highest BCUT2D eigenvalue weighted by Gasteiger charge is 2.19. The first-order chi connectivity index (χ1) is 4.68. The minimum absolute atomic E-state index is 0.891. The molecule has 60 valence electrons. The number of hydrogen-bond donors (Lipinski definition) is 1. The molecule has 1 fully saturated rings. The van der Waals surface area contributed by atoms with Gasteiger partial charge in [-0.2, -0.15) is 7.05 Å². The molecule has 0 spiro atoms. The second kappa shape index (κ2) is 3.35. The van der Waals surface area contributed by atoms with Gasteiger partial charge in [-0.05, 0) is 14.1 Å². The predicted octanol–water partition coefficient (Wildman–Crippen LogP) is -0.756. The lowest BCUT2D eigenvalue weighted by molar-refractivity contribution is -0.841. The maximum absolute atomic E-state index is 3.99. The van der Waals surface area contributed by atoms with E-state index >= 15 is 0 Å². The van der Waals surface area contributed by atoms with Gasteiger partial charge in [-0.3, -0.25) is 0 Å². The summed E-state index contributed by atoms with van der Waals surface area (Å²) in [4.78, 5) is 3.72. The van der Waals surface area contributed by atoms with Crippen LogP contribution in [0.5, 0.6) is 0 Å². The summed E-state index contributed by atoms with van der Waals surface area (Å²) >= 11 is 0. The van der Waals surface area contributed by atoms with Crippen molar-refractivity contribution in [3.8, 4) is 0 Å². The first-order valence-electron chi connectivity index (χ1n) is 4.00. The Kier molecular flexibility index (Phi) is 2.69.